The zero-order valence-corrected chi connectivity index (χ0v) is 26.2. The third kappa shape index (κ3) is 10.8. The van der Waals surface area contributed by atoms with Gasteiger partial charge in [0.15, 0.2) is 0 Å². The van der Waals surface area contributed by atoms with Crippen molar-refractivity contribution < 1.29 is 42.9 Å². The number of allylic oxidation sites excluding steroid dienone is 1. The zero-order valence-electron chi connectivity index (χ0n) is 26.2. The van der Waals surface area contributed by atoms with Gasteiger partial charge in [0.25, 0.3) is 0 Å². The molecule has 0 saturated carbocycles. The molecule has 3 aromatic rings. The Bertz CT molecular complexity index is 1550. The van der Waals surface area contributed by atoms with Gasteiger partial charge in [-0.25, -0.2) is 9.59 Å². The summed E-state index contributed by atoms with van der Waals surface area (Å²) in [4.78, 5) is 47.3. The Kier molecular flexibility index (Phi) is 12.4. The summed E-state index contributed by atoms with van der Waals surface area (Å²) in [6.45, 7) is 19.4. The van der Waals surface area contributed by atoms with Crippen molar-refractivity contribution in [3.8, 4) is 39.5 Å². The van der Waals surface area contributed by atoms with E-state index in [0.29, 0.717) is 28.6 Å². The molecule has 0 saturated heterocycles. The van der Waals surface area contributed by atoms with E-state index in [1.165, 1.54) is 13.8 Å². The molecule has 238 valence electrons. The van der Waals surface area contributed by atoms with Crippen LogP contribution in [-0.4, -0.2) is 37.1 Å². The molecule has 0 amide bonds. The van der Waals surface area contributed by atoms with E-state index in [1.807, 2.05) is 18.2 Å². The highest BCUT2D eigenvalue weighted by atomic mass is 16.6. The van der Waals surface area contributed by atoms with E-state index in [4.69, 9.17) is 23.7 Å². The monoisotopic (exact) mass is 624 g/mol. The van der Waals surface area contributed by atoms with E-state index in [1.54, 1.807) is 55.5 Å². The predicted octanol–water partition coefficient (Wildman–Crippen LogP) is 7.32. The highest BCUT2D eigenvalue weighted by Gasteiger charge is 2.13. The van der Waals surface area contributed by atoms with Gasteiger partial charge in [-0.05, 0) is 91.1 Å². The average Bonchev–Trinajstić information content (AvgIpc) is 3.01. The molecule has 0 aromatic heterocycles. The van der Waals surface area contributed by atoms with Gasteiger partial charge in [0.1, 0.15) is 36.2 Å². The molecule has 9 nitrogen and oxygen atoms in total. The Labute approximate surface area is 268 Å². The number of rotatable bonds is 15. The fourth-order valence-corrected chi connectivity index (χ4v) is 3.72. The van der Waals surface area contributed by atoms with Crippen molar-refractivity contribution in [1.29, 1.82) is 0 Å². The van der Waals surface area contributed by atoms with Gasteiger partial charge in [0.05, 0.1) is 12.8 Å². The lowest BCUT2D eigenvalue weighted by molar-refractivity contribution is -0.144. The maximum Gasteiger partial charge on any atom is 0.333 e. The maximum atomic E-state index is 12.2. The van der Waals surface area contributed by atoms with E-state index in [-0.39, 0.29) is 37.2 Å². The van der Waals surface area contributed by atoms with Crippen molar-refractivity contribution >= 4 is 23.9 Å². The minimum atomic E-state index is -0.565. The topological polar surface area (TPSA) is 114 Å². The quantitative estimate of drug-likeness (QED) is 0.0564. The molecule has 46 heavy (non-hydrogen) atoms. The Morgan fingerprint density at radius 3 is 1.24 bits per heavy atom. The highest BCUT2D eigenvalue weighted by Crippen LogP contribution is 2.34. The summed E-state index contributed by atoms with van der Waals surface area (Å²) in [7, 11) is 0. The average molecular weight is 625 g/mol. The first-order valence-electron chi connectivity index (χ1n) is 14.3. The van der Waals surface area contributed by atoms with Crippen molar-refractivity contribution in [3.05, 3.63) is 116 Å². The standard InChI is InChI=1S/C37H36O9/c1-23(2)26(7)44-33-21-29(27-8-12-31(13-9-27)45-34(38)16-18-42-36(40)24(3)4)20-30(22-33)28-10-14-32(15-11-28)46-35(39)17-19-43-37(41)25(5)6/h8-15,20-22H,1,3,5,7,16-19H2,2,4,6H3. The molecule has 9 heteroatoms. The van der Waals surface area contributed by atoms with Crippen LogP contribution in [0.4, 0.5) is 0 Å². The Balaban J connectivity index is 1.75. The number of ether oxygens (including phenoxy) is 5. The van der Waals surface area contributed by atoms with E-state index >= 15 is 0 Å². The summed E-state index contributed by atoms with van der Waals surface area (Å²) in [6.07, 6.45) is -0.196. The Morgan fingerprint density at radius 2 is 0.891 bits per heavy atom. The third-order valence-electron chi connectivity index (χ3n) is 6.24. The number of esters is 4. The van der Waals surface area contributed by atoms with Gasteiger partial charge in [-0.15, -0.1) is 0 Å². The van der Waals surface area contributed by atoms with Gasteiger partial charge in [-0.3, -0.25) is 9.59 Å². The van der Waals surface area contributed by atoms with Crippen molar-refractivity contribution in [3.63, 3.8) is 0 Å². The molecule has 0 unspecified atom stereocenters. The first-order chi connectivity index (χ1) is 21.8. The molecule has 0 heterocycles. The van der Waals surface area contributed by atoms with Crippen LogP contribution in [0.5, 0.6) is 17.2 Å². The van der Waals surface area contributed by atoms with Crippen LogP contribution in [0, 0.1) is 0 Å². The molecular formula is C37H36O9. The van der Waals surface area contributed by atoms with Gasteiger partial charge in [0.2, 0.25) is 0 Å². The number of hydrogen-bond donors (Lipinski definition) is 0. The van der Waals surface area contributed by atoms with E-state index in [9.17, 15) is 19.2 Å². The minimum Gasteiger partial charge on any atom is -0.462 e. The minimum absolute atomic E-state index is 0.0982. The molecule has 0 radical (unpaired) electrons. The van der Waals surface area contributed by atoms with Crippen LogP contribution in [0.15, 0.2) is 116 Å². The van der Waals surface area contributed by atoms with Crippen LogP contribution in [0.1, 0.15) is 33.6 Å². The fourth-order valence-electron chi connectivity index (χ4n) is 3.72. The van der Waals surface area contributed by atoms with Crippen molar-refractivity contribution in [1.82, 2.24) is 0 Å². The zero-order chi connectivity index (χ0) is 33.8. The van der Waals surface area contributed by atoms with Crippen molar-refractivity contribution in [2.24, 2.45) is 0 Å². The molecule has 0 aliphatic heterocycles. The fraction of sp³-hybridized carbons (Fsp3) is 0.189. The largest absolute Gasteiger partial charge is 0.462 e. The van der Waals surface area contributed by atoms with Crippen LogP contribution in [-0.2, 0) is 28.7 Å². The molecule has 0 aliphatic carbocycles. The molecular weight excluding hydrogens is 588 g/mol. The second-order valence-electron chi connectivity index (χ2n) is 10.4. The van der Waals surface area contributed by atoms with Crippen LogP contribution < -0.4 is 14.2 Å². The molecule has 0 spiro atoms. The highest BCUT2D eigenvalue weighted by molar-refractivity contribution is 5.87. The number of carbonyl (C=O) groups is 4. The normalized spacial score (nSPS) is 10.2. The second-order valence-corrected chi connectivity index (χ2v) is 10.4. The van der Waals surface area contributed by atoms with E-state index in [0.717, 1.165) is 22.3 Å². The summed E-state index contributed by atoms with van der Waals surface area (Å²) in [6, 6.07) is 19.5. The van der Waals surface area contributed by atoms with Gasteiger partial charge in [-0.1, -0.05) is 50.6 Å². The summed E-state index contributed by atoms with van der Waals surface area (Å²) in [5.41, 5.74) is 4.44. The second kappa shape index (κ2) is 16.4. The summed E-state index contributed by atoms with van der Waals surface area (Å²) >= 11 is 0. The van der Waals surface area contributed by atoms with E-state index in [2.05, 4.69) is 26.3 Å². The maximum absolute atomic E-state index is 12.2. The van der Waals surface area contributed by atoms with Crippen LogP contribution in [0.3, 0.4) is 0 Å². The number of benzene rings is 3. The molecule has 0 aliphatic rings. The van der Waals surface area contributed by atoms with Gasteiger partial charge >= 0.3 is 23.9 Å². The molecule has 0 N–H and O–H groups in total. The summed E-state index contributed by atoms with van der Waals surface area (Å²) in [5.74, 6) is -0.605. The SMILES string of the molecule is C=C(C)C(=C)Oc1cc(-c2ccc(OC(=O)CCOC(=O)C(=C)C)cc2)cc(-c2ccc(OC(=O)CCOC(=O)C(=C)C)cc2)c1. The van der Waals surface area contributed by atoms with Crippen LogP contribution >= 0.6 is 0 Å². The third-order valence-corrected chi connectivity index (χ3v) is 6.24. The molecule has 0 fully saturated rings. The molecule has 0 atom stereocenters. The van der Waals surface area contributed by atoms with Crippen LogP contribution in [0.25, 0.3) is 22.3 Å². The first-order valence-corrected chi connectivity index (χ1v) is 14.3. The van der Waals surface area contributed by atoms with Gasteiger partial charge in [-0.2, -0.15) is 0 Å². The van der Waals surface area contributed by atoms with Gasteiger partial charge in [0, 0.05) is 11.1 Å². The van der Waals surface area contributed by atoms with Crippen LogP contribution in [0.2, 0.25) is 0 Å². The lowest BCUT2D eigenvalue weighted by atomic mass is 9.98. The number of hydrogen-bond acceptors (Lipinski definition) is 9. The lowest BCUT2D eigenvalue weighted by Crippen LogP contribution is -2.14. The van der Waals surface area contributed by atoms with Gasteiger partial charge < -0.3 is 23.7 Å². The first kappa shape index (κ1) is 34.8. The Hall–Kier alpha value is -5.70. The smallest absolute Gasteiger partial charge is 0.333 e. The van der Waals surface area contributed by atoms with Crippen molar-refractivity contribution in [2.75, 3.05) is 13.2 Å². The molecule has 3 rings (SSSR count). The molecule has 0 bridgehead atoms. The van der Waals surface area contributed by atoms with E-state index < -0.39 is 23.9 Å². The van der Waals surface area contributed by atoms with Crippen molar-refractivity contribution in [2.45, 2.75) is 33.6 Å². The summed E-state index contributed by atoms with van der Waals surface area (Å²) in [5, 5.41) is 0. The molecule has 3 aromatic carbocycles. The predicted molar refractivity (Wildman–Crippen MR) is 174 cm³/mol. The summed E-state index contributed by atoms with van der Waals surface area (Å²) < 4.78 is 26.6. The lowest BCUT2D eigenvalue weighted by Gasteiger charge is -2.14. The number of carbonyl (C=O) groups excluding carboxylic acids is 4. The Morgan fingerprint density at radius 1 is 0.500 bits per heavy atom.